The third-order valence-electron chi connectivity index (χ3n) is 2.90. The maximum atomic E-state index is 11.7. The van der Waals surface area contributed by atoms with Crippen LogP contribution in [0.4, 0.5) is 0 Å². The molecule has 4 nitrogen and oxygen atoms in total. The summed E-state index contributed by atoms with van der Waals surface area (Å²) in [6.45, 7) is 3.14. The van der Waals surface area contributed by atoms with E-state index >= 15 is 0 Å². The fourth-order valence-corrected chi connectivity index (χ4v) is 1.97. The van der Waals surface area contributed by atoms with Gasteiger partial charge in [-0.15, -0.1) is 0 Å². The third-order valence-corrected chi connectivity index (χ3v) is 2.90. The summed E-state index contributed by atoms with van der Waals surface area (Å²) in [4.78, 5) is 14.9. The zero-order valence-corrected chi connectivity index (χ0v) is 10.7. The number of amides is 1. The fraction of sp³-hybridized carbons (Fsp3) is 0.357. The number of benzene rings is 1. The molecule has 96 valence electrons. The van der Waals surface area contributed by atoms with E-state index < -0.39 is 0 Å². The average Bonchev–Trinajstić information content (AvgIpc) is 2.72. The van der Waals surface area contributed by atoms with Crippen LogP contribution in [-0.4, -0.2) is 31.2 Å². The predicted octanol–water partition coefficient (Wildman–Crippen LogP) is 1.78. The minimum Gasteiger partial charge on any atom is -0.383 e. The van der Waals surface area contributed by atoms with Gasteiger partial charge in [0.2, 0.25) is 5.91 Å². The zero-order valence-electron chi connectivity index (χ0n) is 10.7. The first-order valence-electron chi connectivity index (χ1n) is 6.03. The number of carbonyl (C=O) groups is 1. The second-order valence-electron chi connectivity index (χ2n) is 4.38. The number of hydrogen-bond acceptors (Lipinski definition) is 2. The molecule has 1 aromatic heterocycles. The molecular formula is C14H18N2O2. The van der Waals surface area contributed by atoms with Gasteiger partial charge in [-0.3, -0.25) is 4.79 Å². The van der Waals surface area contributed by atoms with Crippen molar-refractivity contribution in [1.29, 1.82) is 0 Å². The quantitative estimate of drug-likeness (QED) is 0.790. The lowest BCUT2D eigenvalue weighted by molar-refractivity contribution is -0.120. The summed E-state index contributed by atoms with van der Waals surface area (Å²) in [5, 5.41) is 3.95. The highest BCUT2D eigenvalue weighted by Crippen LogP contribution is 2.19. The molecule has 0 radical (unpaired) electrons. The van der Waals surface area contributed by atoms with Crippen molar-refractivity contribution in [3.05, 3.63) is 35.5 Å². The number of H-pyrrole nitrogens is 1. The molecule has 4 heteroatoms. The number of aromatic amines is 1. The number of aryl methyl sites for hydroxylation is 1. The molecule has 2 N–H and O–H groups in total. The number of fused-ring (bicyclic) bond motifs is 1. The highest BCUT2D eigenvalue weighted by Gasteiger charge is 2.08. The third kappa shape index (κ3) is 2.90. The lowest BCUT2D eigenvalue weighted by Crippen LogP contribution is -2.28. The Morgan fingerprint density at radius 1 is 1.44 bits per heavy atom. The van der Waals surface area contributed by atoms with E-state index in [1.54, 1.807) is 7.11 Å². The molecule has 2 rings (SSSR count). The van der Waals surface area contributed by atoms with Gasteiger partial charge in [-0.25, -0.2) is 0 Å². The molecule has 0 bridgehead atoms. The Kier molecular flexibility index (Phi) is 3.99. The summed E-state index contributed by atoms with van der Waals surface area (Å²) in [5.74, 6) is 0.0226. The Morgan fingerprint density at radius 3 is 3.06 bits per heavy atom. The Hall–Kier alpha value is -1.81. The zero-order chi connectivity index (χ0) is 13.0. The monoisotopic (exact) mass is 246 g/mol. The van der Waals surface area contributed by atoms with Gasteiger partial charge in [0.25, 0.3) is 0 Å². The number of hydrogen-bond donors (Lipinski definition) is 2. The van der Waals surface area contributed by atoms with E-state index in [9.17, 15) is 4.79 Å². The first-order valence-corrected chi connectivity index (χ1v) is 6.03. The SMILES string of the molecule is COCCNC(=O)Cc1c[nH]c2ccc(C)cc12. The molecular weight excluding hydrogens is 228 g/mol. The van der Waals surface area contributed by atoms with E-state index in [4.69, 9.17) is 4.74 Å². The van der Waals surface area contributed by atoms with Gasteiger partial charge in [0.05, 0.1) is 13.0 Å². The van der Waals surface area contributed by atoms with Gasteiger partial charge >= 0.3 is 0 Å². The number of nitrogens with one attached hydrogen (secondary N) is 2. The number of methoxy groups -OCH3 is 1. The number of ether oxygens (including phenoxy) is 1. The molecule has 0 aliphatic heterocycles. The number of carbonyl (C=O) groups excluding carboxylic acids is 1. The van der Waals surface area contributed by atoms with Crippen LogP contribution in [0.3, 0.4) is 0 Å². The van der Waals surface area contributed by atoms with Crippen LogP contribution in [0.5, 0.6) is 0 Å². The van der Waals surface area contributed by atoms with Gasteiger partial charge in [0.1, 0.15) is 0 Å². The van der Waals surface area contributed by atoms with Gasteiger partial charge in [-0.2, -0.15) is 0 Å². The first kappa shape index (κ1) is 12.6. The minimum absolute atomic E-state index is 0.0226. The topological polar surface area (TPSA) is 54.1 Å². The van der Waals surface area contributed by atoms with Crippen molar-refractivity contribution in [3.63, 3.8) is 0 Å². The van der Waals surface area contributed by atoms with Crippen molar-refractivity contribution in [1.82, 2.24) is 10.3 Å². The highest BCUT2D eigenvalue weighted by molar-refractivity contribution is 5.89. The highest BCUT2D eigenvalue weighted by atomic mass is 16.5. The molecule has 0 atom stereocenters. The van der Waals surface area contributed by atoms with E-state index in [1.807, 2.05) is 12.3 Å². The first-order chi connectivity index (χ1) is 8.70. The Bertz CT molecular complexity index is 546. The van der Waals surface area contributed by atoms with Crippen LogP contribution in [0.15, 0.2) is 24.4 Å². The van der Waals surface area contributed by atoms with Gasteiger partial charge in [0, 0.05) is 30.8 Å². The molecule has 0 aliphatic carbocycles. The summed E-state index contributed by atoms with van der Waals surface area (Å²) in [6, 6.07) is 6.20. The average molecular weight is 246 g/mol. The van der Waals surface area contributed by atoms with Crippen LogP contribution < -0.4 is 5.32 Å². The molecule has 0 saturated heterocycles. The predicted molar refractivity (Wildman–Crippen MR) is 71.6 cm³/mol. The van der Waals surface area contributed by atoms with Gasteiger partial charge < -0.3 is 15.0 Å². The van der Waals surface area contributed by atoms with E-state index in [2.05, 4.69) is 29.4 Å². The van der Waals surface area contributed by atoms with E-state index in [1.165, 1.54) is 5.56 Å². The molecule has 0 fully saturated rings. The van der Waals surface area contributed by atoms with E-state index in [0.717, 1.165) is 16.5 Å². The summed E-state index contributed by atoms with van der Waals surface area (Å²) < 4.78 is 4.89. The van der Waals surface area contributed by atoms with Crippen molar-refractivity contribution in [3.8, 4) is 0 Å². The van der Waals surface area contributed by atoms with Crippen molar-refractivity contribution in [2.45, 2.75) is 13.3 Å². The largest absolute Gasteiger partial charge is 0.383 e. The Balaban J connectivity index is 2.07. The van der Waals surface area contributed by atoms with Crippen molar-refractivity contribution in [2.24, 2.45) is 0 Å². The van der Waals surface area contributed by atoms with Crippen LogP contribution in [0.2, 0.25) is 0 Å². The maximum Gasteiger partial charge on any atom is 0.224 e. The molecule has 1 heterocycles. The Morgan fingerprint density at radius 2 is 2.28 bits per heavy atom. The van der Waals surface area contributed by atoms with Crippen LogP contribution in [0.1, 0.15) is 11.1 Å². The summed E-state index contributed by atoms with van der Waals surface area (Å²) in [7, 11) is 1.62. The van der Waals surface area contributed by atoms with Crippen LogP contribution >= 0.6 is 0 Å². The molecule has 1 amide bonds. The van der Waals surface area contributed by atoms with Gasteiger partial charge in [-0.1, -0.05) is 11.6 Å². The Labute approximate surface area is 106 Å². The maximum absolute atomic E-state index is 11.7. The second-order valence-corrected chi connectivity index (χ2v) is 4.38. The summed E-state index contributed by atoms with van der Waals surface area (Å²) >= 11 is 0. The fourth-order valence-electron chi connectivity index (χ4n) is 1.97. The van der Waals surface area contributed by atoms with E-state index in [-0.39, 0.29) is 5.91 Å². The number of aromatic nitrogens is 1. The van der Waals surface area contributed by atoms with Crippen molar-refractivity contribution >= 4 is 16.8 Å². The molecule has 2 aromatic rings. The normalized spacial score (nSPS) is 10.8. The molecule has 0 spiro atoms. The molecule has 18 heavy (non-hydrogen) atoms. The lowest BCUT2D eigenvalue weighted by atomic mass is 10.1. The van der Waals surface area contributed by atoms with Crippen LogP contribution in [0.25, 0.3) is 10.9 Å². The van der Waals surface area contributed by atoms with Crippen molar-refractivity contribution < 1.29 is 9.53 Å². The van der Waals surface area contributed by atoms with Gasteiger partial charge in [0.15, 0.2) is 0 Å². The smallest absolute Gasteiger partial charge is 0.224 e. The molecule has 0 unspecified atom stereocenters. The lowest BCUT2D eigenvalue weighted by Gasteiger charge is -2.04. The molecule has 0 saturated carbocycles. The van der Waals surface area contributed by atoms with Gasteiger partial charge in [-0.05, 0) is 24.6 Å². The number of rotatable bonds is 5. The van der Waals surface area contributed by atoms with Crippen LogP contribution in [-0.2, 0) is 16.0 Å². The standard InChI is InChI=1S/C14H18N2O2/c1-10-3-4-13-12(7-10)11(9-16-13)8-14(17)15-5-6-18-2/h3-4,7,9,16H,5-6,8H2,1-2H3,(H,15,17). The van der Waals surface area contributed by atoms with Crippen LogP contribution in [0, 0.1) is 6.92 Å². The second kappa shape index (κ2) is 5.69. The summed E-state index contributed by atoms with van der Waals surface area (Å²) in [6.07, 6.45) is 2.30. The summed E-state index contributed by atoms with van der Waals surface area (Å²) in [5.41, 5.74) is 3.30. The van der Waals surface area contributed by atoms with E-state index in [0.29, 0.717) is 19.6 Å². The minimum atomic E-state index is 0.0226. The molecule has 1 aromatic carbocycles. The van der Waals surface area contributed by atoms with Crippen molar-refractivity contribution in [2.75, 3.05) is 20.3 Å². The molecule has 0 aliphatic rings.